The second kappa shape index (κ2) is 6.40. The highest BCUT2D eigenvalue weighted by Crippen LogP contribution is 2.14. The van der Waals surface area contributed by atoms with E-state index in [2.05, 4.69) is 6.07 Å². The Kier molecular flexibility index (Phi) is 5.04. The molecule has 0 bridgehead atoms. The molecule has 0 saturated carbocycles. The van der Waals surface area contributed by atoms with Gasteiger partial charge in [0.1, 0.15) is 12.4 Å². The van der Waals surface area contributed by atoms with Crippen molar-refractivity contribution in [1.29, 1.82) is 0 Å². The number of aryl methyl sites for hydroxylation is 1. The zero-order valence-corrected chi connectivity index (χ0v) is 8.28. The predicted octanol–water partition coefficient (Wildman–Crippen LogP) is 0.949. The summed E-state index contributed by atoms with van der Waals surface area (Å²) in [4.78, 5) is 0. The number of aliphatic hydroxyl groups excluding tert-OH is 1. The second-order valence-electron chi connectivity index (χ2n) is 3.11. The quantitative estimate of drug-likeness (QED) is 0.710. The van der Waals surface area contributed by atoms with Gasteiger partial charge in [0.25, 0.3) is 0 Å². The molecule has 78 valence electrons. The first-order chi connectivity index (χ1) is 6.86. The van der Waals surface area contributed by atoms with Gasteiger partial charge < -0.3 is 15.6 Å². The van der Waals surface area contributed by atoms with Crippen molar-refractivity contribution in [2.24, 2.45) is 5.73 Å². The van der Waals surface area contributed by atoms with Crippen LogP contribution in [0, 0.1) is 0 Å². The summed E-state index contributed by atoms with van der Waals surface area (Å²) in [6, 6.07) is 7.90. The van der Waals surface area contributed by atoms with Crippen LogP contribution < -0.4 is 10.5 Å². The fourth-order valence-corrected chi connectivity index (χ4v) is 1.26. The van der Waals surface area contributed by atoms with E-state index in [1.165, 1.54) is 5.56 Å². The van der Waals surface area contributed by atoms with Crippen molar-refractivity contribution < 1.29 is 9.84 Å². The summed E-state index contributed by atoms with van der Waals surface area (Å²) in [7, 11) is 0. The van der Waals surface area contributed by atoms with E-state index in [-0.39, 0.29) is 6.61 Å². The van der Waals surface area contributed by atoms with E-state index < -0.39 is 0 Å². The van der Waals surface area contributed by atoms with E-state index in [1.807, 2.05) is 18.2 Å². The maximum absolute atomic E-state index is 8.60. The topological polar surface area (TPSA) is 55.5 Å². The molecule has 0 aliphatic heterocycles. The number of aliphatic hydroxyl groups is 1. The third kappa shape index (κ3) is 3.77. The van der Waals surface area contributed by atoms with Gasteiger partial charge in [-0.2, -0.15) is 0 Å². The summed E-state index contributed by atoms with van der Waals surface area (Å²) < 4.78 is 5.29. The van der Waals surface area contributed by atoms with Crippen molar-refractivity contribution >= 4 is 0 Å². The van der Waals surface area contributed by atoms with E-state index in [9.17, 15) is 0 Å². The molecule has 0 aliphatic carbocycles. The van der Waals surface area contributed by atoms with Gasteiger partial charge in [-0.25, -0.2) is 0 Å². The molecule has 0 aromatic heterocycles. The Morgan fingerprint density at radius 1 is 1.36 bits per heavy atom. The Hall–Kier alpha value is -1.06. The smallest absolute Gasteiger partial charge is 0.119 e. The molecule has 0 radical (unpaired) electrons. The van der Waals surface area contributed by atoms with Gasteiger partial charge in [0.05, 0.1) is 6.61 Å². The molecule has 3 nitrogen and oxygen atoms in total. The molecular formula is C11H17NO2. The minimum absolute atomic E-state index is 0.0486. The van der Waals surface area contributed by atoms with Crippen LogP contribution in [0.4, 0.5) is 0 Å². The Labute approximate surface area is 84.5 Å². The molecule has 0 saturated heterocycles. The molecule has 0 aliphatic rings. The summed E-state index contributed by atoms with van der Waals surface area (Å²) >= 11 is 0. The number of nitrogens with two attached hydrogens (primary N) is 1. The monoisotopic (exact) mass is 195 g/mol. The lowest BCUT2D eigenvalue weighted by Crippen LogP contribution is -2.03. The van der Waals surface area contributed by atoms with Crippen LogP contribution in [0.2, 0.25) is 0 Å². The van der Waals surface area contributed by atoms with Crippen LogP contribution >= 0.6 is 0 Å². The Morgan fingerprint density at radius 3 is 2.93 bits per heavy atom. The lowest BCUT2D eigenvalue weighted by atomic mass is 10.1. The van der Waals surface area contributed by atoms with Crippen molar-refractivity contribution in [2.45, 2.75) is 12.8 Å². The van der Waals surface area contributed by atoms with Gasteiger partial charge in [-0.3, -0.25) is 0 Å². The van der Waals surface area contributed by atoms with E-state index >= 15 is 0 Å². The molecule has 0 heterocycles. The van der Waals surface area contributed by atoms with Crippen LogP contribution in [0.1, 0.15) is 12.0 Å². The average molecular weight is 195 g/mol. The summed E-state index contributed by atoms with van der Waals surface area (Å²) in [5, 5.41) is 8.60. The van der Waals surface area contributed by atoms with Crippen molar-refractivity contribution in [3.8, 4) is 5.75 Å². The number of benzene rings is 1. The lowest BCUT2D eigenvalue weighted by molar-refractivity contribution is 0.201. The highest BCUT2D eigenvalue weighted by atomic mass is 16.5. The van der Waals surface area contributed by atoms with Gasteiger partial charge in [0.2, 0.25) is 0 Å². The van der Waals surface area contributed by atoms with Crippen LogP contribution in [-0.4, -0.2) is 24.9 Å². The first kappa shape index (κ1) is 11.0. The highest BCUT2D eigenvalue weighted by molar-refractivity contribution is 5.28. The maximum atomic E-state index is 8.60. The molecule has 1 aromatic rings. The molecular weight excluding hydrogens is 178 g/mol. The van der Waals surface area contributed by atoms with Crippen LogP contribution in [-0.2, 0) is 6.42 Å². The van der Waals surface area contributed by atoms with Gasteiger partial charge in [-0.1, -0.05) is 12.1 Å². The summed E-state index contributed by atoms with van der Waals surface area (Å²) in [6.07, 6.45) is 1.97. The number of ether oxygens (including phenoxy) is 1. The largest absolute Gasteiger partial charge is 0.491 e. The van der Waals surface area contributed by atoms with E-state index in [0.717, 1.165) is 18.6 Å². The van der Waals surface area contributed by atoms with E-state index in [4.69, 9.17) is 15.6 Å². The fraction of sp³-hybridized carbons (Fsp3) is 0.455. The maximum Gasteiger partial charge on any atom is 0.119 e. The molecule has 14 heavy (non-hydrogen) atoms. The molecule has 0 spiro atoms. The Bertz CT molecular complexity index is 240. The Morgan fingerprint density at radius 2 is 2.21 bits per heavy atom. The van der Waals surface area contributed by atoms with Crippen molar-refractivity contribution in [3.05, 3.63) is 29.8 Å². The normalized spacial score (nSPS) is 10.1. The molecule has 0 fully saturated rings. The van der Waals surface area contributed by atoms with E-state index in [1.54, 1.807) is 0 Å². The minimum Gasteiger partial charge on any atom is -0.491 e. The van der Waals surface area contributed by atoms with Crippen LogP contribution in [0.3, 0.4) is 0 Å². The number of rotatable bonds is 6. The molecule has 3 heteroatoms. The molecule has 0 amide bonds. The third-order valence-electron chi connectivity index (χ3n) is 1.93. The molecule has 1 rings (SSSR count). The standard InChI is InChI=1S/C11H17NO2/c12-6-2-4-10-3-1-5-11(9-10)14-8-7-13/h1,3,5,9,13H,2,4,6-8,12H2. The predicted molar refractivity (Wildman–Crippen MR) is 56.4 cm³/mol. The SMILES string of the molecule is NCCCc1cccc(OCCO)c1. The van der Waals surface area contributed by atoms with Crippen LogP contribution in [0.5, 0.6) is 5.75 Å². The van der Waals surface area contributed by atoms with E-state index in [0.29, 0.717) is 13.2 Å². The van der Waals surface area contributed by atoms with Gasteiger partial charge in [0, 0.05) is 0 Å². The average Bonchev–Trinajstić information content (AvgIpc) is 2.24. The van der Waals surface area contributed by atoms with Crippen molar-refractivity contribution in [1.82, 2.24) is 0 Å². The van der Waals surface area contributed by atoms with Gasteiger partial charge in [-0.15, -0.1) is 0 Å². The zero-order chi connectivity index (χ0) is 10.2. The molecule has 3 N–H and O–H groups in total. The lowest BCUT2D eigenvalue weighted by Gasteiger charge is -2.06. The van der Waals surface area contributed by atoms with Crippen LogP contribution in [0.25, 0.3) is 0 Å². The first-order valence-corrected chi connectivity index (χ1v) is 4.89. The summed E-state index contributed by atoms with van der Waals surface area (Å²) in [6.45, 7) is 1.11. The second-order valence-corrected chi connectivity index (χ2v) is 3.11. The number of hydrogen-bond donors (Lipinski definition) is 2. The molecule has 1 aromatic carbocycles. The minimum atomic E-state index is 0.0486. The van der Waals surface area contributed by atoms with Gasteiger partial charge in [-0.05, 0) is 37.1 Å². The first-order valence-electron chi connectivity index (χ1n) is 4.89. The van der Waals surface area contributed by atoms with Crippen LogP contribution in [0.15, 0.2) is 24.3 Å². The summed E-state index contributed by atoms with van der Waals surface area (Å²) in [5.74, 6) is 0.813. The zero-order valence-electron chi connectivity index (χ0n) is 8.28. The summed E-state index contributed by atoms with van der Waals surface area (Å²) in [5.41, 5.74) is 6.66. The highest BCUT2D eigenvalue weighted by Gasteiger charge is 1.96. The number of hydrogen-bond acceptors (Lipinski definition) is 3. The van der Waals surface area contributed by atoms with Gasteiger partial charge >= 0.3 is 0 Å². The van der Waals surface area contributed by atoms with Crippen molar-refractivity contribution in [3.63, 3.8) is 0 Å². The molecule has 0 unspecified atom stereocenters. The Balaban J connectivity index is 2.50. The molecule has 0 atom stereocenters. The third-order valence-corrected chi connectivity index (χ3v) is 1.93. The van der Waals surface area contributed by atoms with Gasteiger partial charge in [0.15, 0.2) is 0 Å². The fourth-order valence-electron chi connectivity index (χ4n) is 1.26. The van der Waals surface area contributed by atoms with Crippen molar-refractivity contribution in [2.75, 3.05) is 19.8 Å².